The molecule has 2 aromatic carbocycles. The SMILES string of the molecule is CCCN1C(=O)c2oc3ccccc3c(=O)c2C1c1ccccc1F. The molecule has 0 saturated heterocycles. The number of carbonyl (C=O) groups excluding carboxylic acids is 1. The maximum absolute atomic E-state index is 14.5. The molecule has 1 atom stereocenters. The van der Waals surface area contributed by atoms with Crippen LogP contribution in [0.25, 0.3) is 11.0 Å². The molecule has 0 fully saturated rings. The van der Waals surface area contributed by atoms with Crippen LogP contribution in [0.4, 0.5) is 4.39 Å². The van der Waals surface area contributed by atoms with Gasteiger partial charge in [-0.05, 0) is 24.6 Å². The highest BCUT2D eigenvalue weighted by Gasteiger charge is 2.43. The third-order valence-corrected chi connectivity index (χ3v) is 4.54. The summed E-state index contributed by atoms with van der Waals surface area (Å²) in [6.07, 6.45) is 0.693. The van der Waals surface area contributed by atoms with Gasteiger partial charge < -0.3 is 9.32 Å². The number of nitrogens with zero attached hydrogens (tertiary/aromatic N) is 1. The summed E-state index contributed by atoms with van der Waals surface area (Å²) in [6.45, 7) is 2.35. The Morgan fingerprint density at radius 2 is 1.80 bits per heavy atom. The third kappa shape index (κ3) is 2.27. The van der Waals surface area contributed by atoms with Crippen LogP contribution in [-0.2, 0) is 0 Å². The van der Waals surface area contributed by atoms with Crippen LogP contribution in [0.2, 0.25) is 0 Å². The highest BCUT2D eigenvalue weighted by molar-refractivity contribution is 5.99. The second kappa shape index (κ2) is 5.84. The lowest BCUT2D eigenvalue weighted by Gasteiger charge is -2.24. The molecule has 0 bridgehead atoms. The van der Waals surface area contributed by atoms with Crippen LogP contribution in [-0.4, -0.2) is 17.4 Å². The Kier molecular flexibility index (Phi) is 3.64. The van der Waals surface area contributed by atoms with Gasteiger partial charge in [0.15, 0.2) is 5.43 Å². The molecule has 1 unspecified atom stereocenters. The molecule has 5 heteroatoms. The number of hydrogen-bond donors (Lipinski definition) is 0. The monoisotopic (exact) mass is 337 g/mol. The second-order valence-electron chi connectivity index (χ2n) is 6.09. The number of hydrogen-bond acceptors (Lipinski definition) is 3. The van der Waals surface area contributed by atoms with Crippen LogP contribution in [0.1, 0.15) is 41.1 Å². The molecule has 1 amide bonds. The van der Waals surface area contributed by atoms with E-state index in [2.05, 4.69) is 0 Å². The summed E-state index contributed by atoms with van der Waals surface area (Å²) in [4.78, 5) is 27.4. The molecule has 0 radical (unpaired) electrons. The summed E-state index contributed by atoms with van der Waals surface area (Å²) >= 11 is 0. The van der Waals surface area contributed by atoms with Crippen molar-refractivity contribution in [2.75, 3.05) is 6.54 Å². The van der Waals surface area contributed by atoms with E-state index in [1.165, 1.54) is 11.0 Å². The van der Waals surface area contributed by atoms with Crippen molar-refractivity contribution in [2.45, 2.75) is 19.4 Å². The van der Waals surface area contributed by atoms with Crippen molar-refractivity contribution in [1.82, 2.24) is 4.90 Å². The zero-order chi connectivity index (χ0) is 17.6. The lowest BCUT2D eigenvalue weighted by atomic mass is 9.98. The van der Waals surface area contributed by atoms with Gasteiger partial charge in [-0.1, -0.05) is 37.3 Å². The Balaban J connectivity index is 2.04. The summed E-state index contributed by atoms with van der Waals surface area (Å²) in [5.74, 6) is -0.792. The Hall–Kier alpha value is -2.95. The Morgan fingerprint density at radius 3 is 2.56 bits per heavy atom. The predicted octanol–water partition coefficient (Wildman–Crippen LogP) is 3.89. The van der Waals surface area contributed by atoms with E-state index in [9.17, 15) is 14.0 Å². The minimum absolute atomic E-state index is 0.0189. The average Bonchev–Trinajstić information content (AvgIpc) is 2.89. The van der Waals surface area contributed by atoms with Crippen LogP contribution >= 0.6 is 0 Å². The third-order valence-electron chi connectivity index (χ3n) is 4.54. The van der Waals surface area contributed by atoms with Gasteiger partial charge in [-0.25, -0.2) is 4.39 Å². The van der Waals surface area contributed by atoms with Crippen LogP contribution in [0, 0.1) is 5.82 Å². The van der Waals surface area contributed by atoms with Gasteiger partial charge in [0.1, 0.15) is 11.4 Å². The molecule has 3 aromatic rings. The van der Waals surface area contributed by atoms with E-state index >= 15 is 0 Å². The zero-order valence-corrected chi connectivity index (χ0v) is 13.7. The molecule has 0 spiro atoms. The Labute approximate surface area is 143 Å². The quantitative estimate of drug-likeness (QED) is 0.728. The van der Waals surface area contributed by atoms with Crippen LogP contribution in [0.5, 0.6) is 0 Å². The maximum Gasteiger partial charge on any atom is 0.290 e. The fourth-order valence-electron chi connectivity index (χ4n) is 3.46. The topological polar surface area (TPSA) is 50.5 Å². The van der Waals surface area contributed by atoms with Crippen molar-refractivity contribution in [3.05, 3.63) is 81.5 Å². The van der Waals surface area contributed by atoms with Crippen LogP contribution in [0.15, 0.2) is 57.7 Å². The zero-order valence-electron chi connectivity index (χ0n) is 13.7. The van der Waals surface area contributed by atoms with Gasteiger partial charge in [-0.15, -0.1) is 0 Å². The molecular weight excluding hydrogens is 321 g/mol. The lowest BCUT2D eigenvalue weighted by Crippen LogP contribution is -2.30. The van der Waals surface area contributed by atoms with Gasteiger partial charge in [0.25, 0.3) is 5.91 Å². The number of rotatable bonds is 3. The second-order valence-corrected chi connectivity index (χ2v) is 6.09. The lowest BCUT2D eigenvalue weighted by molar-refractivity contribution is 0.0726. The standard InChI is InChI=1S/C20H16FNO3/c1-2-11-22-17(12-7-3-5-9-14(12)21)16-18(23)13-8-4-6-10-15(13)25-19(16)20(22)24/h3-10,17H,2,11H2,1H3. The maximum atomic E-state index is 14.5. The fraction of sp³-hybridized carbons (Fsp3) is 0.200. The van der Waals surface area contributed by atoms with Crippen LogP contribution in [0.3, 0.4) is 0 Å². The first-order valence-corrected chi connectivity index (χ1v) is 8.24. The summed E-state index contributed by atoms with van der Waals surface area (Å²) in [7, 11) is 0. The minimum Gasteiger partial charge on any atom is -0.450 e. The van der Waals surface area contributed by atoms with E-state index in [0.717, 1.165) is 0 Å². The van der Waals surface area contributed by atoms with E-state index < -0.39 is 11.9 Å². The minimum atomic E-state index is -0.760. The highest BCUT2D eigenvalue weighted by atomic mass is 19.1. The van der Waals surface area contributed by atoms with Crippen molar-refractivity contribution in [3.63, 3.8) is 0 Å². The predicted molar refractivity (Wildman–Crippen MR) is 92.1 cm³/mol. The number of amides is 1. The normalized spacial score (nSPS) is 16.5. The molecular formula is C20H16FNO3. The van der Waals surface area contributed by atoms with E-state index in [-0.39, 0.29) is 22.7 Å². The number of benzene rings is 2. The van der Waals surface area contributed by atoms with Gasteiger partial charge in [0.05, 0.1) is 17.0 Å². The first-order valence-electron chi connectivity index (χ1n) is 8.24. The number of carbonyl (C=O) groups is 1. The molecule has 0 saturated carbocycles. The van der Waals surface area contributed by atoms with E-state index in [0.29, 0.717) is 29.5 Å². The first-order chi connectivity index (χ1) is 12.1. The number of para-hydroxylation sites is 1. The van der Waals surface area contributed by atoms with Crippen molar-refractivity contribution >= 4 is 16.9 Å². The summed E-state index contributed by atoms with van der Waals surface area (Å²) < 4.78 is 20.2. The molecule has 126 valence electrons. The highest BCUT2D eigenvalue weighted by Crippen LogP contribution is 2.38. The molecule has 1 aromatic heterocycles. The average molecular weight is 337 g/mol. The molecule has 1 aliphatic rings. The summed E-state index contributed by atoms with van der Waals surface area (Å²) in [5.41, 5.74) is 0.621. The molecule has 0 aliphatic carbocycles. The van der Waals surface area contributed by atoms with Gasteiger partial charge in [0, 0.05) is 12.1 Å². The van der Waals surface area contributed by atoms with Gasteiger partial charge in [-0.2, -0.15) is 0 Å². The first kappa shape index (κ1) is 15.6. The molecule has 1 aliphatic heterocycles. The summed E-state index contributed by atoms with van der Waals surface area (Å²) in [6, 6.07) is 12.3. The smallest absolute Gasteiger partial charge is 0.290 e. The van der Waals surface area contributed by atoms with Crippen molar-refractivity contribution in [3.8, 4) is 0 Å². The molecule has 4 rings (SSSR count). The van der Waals surface area contributed by atoms with Gasteiger partial charge >= 0.3 is 0 Å². The van der Waals surface area contributed by atoms with Crippen molar-refractivity contribution in [2.24, 2.45) is 0 Å². The van der Waals surface area contributed by atoms with E-state index in [1.807, 2.05) is 6.92 Å². The fourth-order valence-corrected chi connectivity index (χ4v) is 3.46. The largest absolute Gasteiger partial charge is 0.450 e. The van der Waals surface area contributed by atoms with E-state index in [4.69, 9.17) is 4.42 Å². The number of halogens is 1. The van der Waals surface area contributed by atoms with Crippen LogP contribution < -0.4 is 5.43 Å². The molecule has 25 heavy (non-hydrogen) atoms. The Bertz CT molecular complexity index is 1040. The van der Waals surface area contributed by atoms with Crippen molar-refractivity contribution < 1.29 is 13.6 Å². The van der Waals surface area contributed by atoms with E-state index in [1.54, 1.807) is 42.5 Å². The molecule has 4 nitrogen and oxygen atoms in total. The molecule has 2 heterocycles. The van der Waals surface area contributed by atoms with Gasteiger partial charge in [-0.3, -0.25) is 9.59 Å². The molecule has 0 N–H and O–H groups in total. The van der Waals surface area contributed by atoms with Crippen molar-refractivity contribution in [1.29, 1.82) is 0 Å². The summed E-state index contributed by atoms with van der Waals surface area (Å²) in [5, 5.41) is 0.397. The Morgan fingerprint density at radius 1 is 1.08 bits per heavy atom. The van der Waals surface area contributed by atoms with Gasteiger partial charge in [0.2, 0.25) is 5.76 Å². The number of fused-ring (bicyclic) bond motifs is 2.